The van der Waals surface area contributed by atoms with Crippen LogP contribution in [0.15, 0.2) is 48.6 Å². The number of nitrogens with one attached hydrogen (secondary N) is 1. The molecule has 1 rings (SSSR count). The van der Waals surface area contributed by atoms with Crippen molar-refractivity contribution < 1.29 is 13.6 Å². The van der Waals surface area contributed by atoms with Crippen molar-refractivity contribution in [2.24, 2.45) is 0 Å². The molecule has 1 aromatic rings. The average molecular weight is 295 g/mol. The highest BCUT2D eigenvalue weighted by molar-refractivity contribution is 7.54. The molecule has 110 valence electrons. The lowest BCUT2D eigenvalue weighted by Gasteiger charge is -2.25. The summed E-state index contributed by atoms with van der Waals surface area (Å²) < 4.78 is 22.8. The summed E-state index contributed by atoms with van der Waals surface area (Å²) in [5, 5.41) is 3.13. The van der Waals surface area contributed by atoms with Crippen LogP contribution in [0.1, 0.15) is 12.5 Å². The van der Waals surface area contributed by atoms with Crippen LogP contribution in [0.3, 0.4) is 0 Å². The zero-order chi connectivity index (χ0) is 15.0. The second-order valence-corrected chi connectivity index (χ2v) is 6.63. The monoisotopic (exact) mass is 295 g/mol. The summed E-state index contributed by atoms with van der Waals surface area (Å²) in [6, 6.07) is 9.83. The lowest BCUT2D eigenvalue weighted by atomic mass is 10.1. The third kappa shape index (κ3) is 4.43. The first-order valence-corrected chi connectivity index (χ1v) is 7.97. The van der Waals surface area contributed by atoms with E-state index >= 15 is 0 Å². The van der Waals surface area contributed by atoms with E-state index in [0.717, 1.165) is 11.1 Å². The molecule has 0 heterocycles. The molecule has 5 heteroatoms. The highest BCUT2D eigenvalue weighted by atomic mass is 31.2. The molecule has 0 spiro atoms. The average Bonchev–Trinajstić information content (AvgIpc) is 2.48. The molecule has 0 radical (unpaired) electrons. The zero-order valence-electron chi connectivity index (χ0n) is 12.2. The molecule has 1 aromatic carbocycles. The summed E-state index contributed by atoms with van der Waals surface area (Å²) in [5.41, 5.74) is 1.92. The van der Waals surface area contributed by atoms with Gasteiger partial charge in [-0.05, 0) is 18.1 Å². The third-order valence-electron chi connectivity index (χ3n) is 2.91. The maximum Gasteiger partial charge on any atom is 0.351 e. The van der Waals surface area contributed by atoms with Crippen LogP contribution in [0.5, 0.6) is 0 Å². The van der Waals surface area contributed by atoms with E-state index < -0.39 is 13.4 Å². The molecule has 0 aliphatic heterocycles. The van der Waals surface area contributed by atoms with Gasteiger partial charge < -0.3 is 9.05 Å². The van der Waals surface area contributed by atoms with Gasteiger partial charge in [0, 0.05) is 20.8 Å². The number of hydrogen-bond donors (Lipinski definition) is 1. The van der Waals surface area contributed by atoms with E-state index in [1.807, 2.05) is 43.3 Å². The van der Waals surface area contributed by atoms with E-state index in [2.05, 4.69) is 11.9 Å². The highest BCUT2D eigenvalue weighted by Gasteiger charge is 2.34. The standard InChI is InChI=1S/C15H22NO3P/c1-5-11-16-15(20(17,18-3)19-4)13(2)12-14-9-7-6-8-10-14/h5-10,12,15-16H,1,11H2,2-4H3/b13-12+. The fourth-order valence-electron chi connectivity index (χ4n) is 1.89. The summed E-state index contributed by atoms with van der Waals surface area (Å²) in [5.74, 6) is -0.504. The summed E-state index contributed by atoms with van der Waals surface area (Å²) in [6.45, 7) is 6.07. The van der Waals surface area contributed by atoms with Gasteiger partial charge in [-0.1, -0.05) is 42.5 Å². The van der Waals surface area contributed by atoms with Crippen molar-refractivity contribution in [3.8, 4) is 0 Å². The molecule has 0 saturated heterocycles. The third-order valence-corrected chi connectivity index (χ3v) is 5.15. The molecule has 1 unspecified atom stereocenters. The lowest BCUT2D eigenvalue weighted by Crippen LogP contribution is -2.31. The number of hydrogen-bond acceptors (Lipinski definition) is 4. The summed E-state index contributed by atoms with van der Waals surface area (Å²) in [7, 11) is -0.458. The minimum absolute atomic E-state index is 0.504. The summed E-state index contributed by atoms with van der Waals surface area (Å²) in [6.07, 6.45) is 3.67. The minimum atomic E-state index is -3.24. The van der Waals surface area contributed by atoms with Gasteiger partial charge in [0.25, 0.3) is 0 Å². The molecule has 20 heavy (non-hydrogen) atoms. The van der Waals surface area contributed by atoms with E-state index in [0.29, 0.717) is 6.54 Å². The Morgan fingerprint density at radius 1 is 1.35 bits per heavy atom. The highest BCUT2D eigenvalue weighted by Crippen LogP contribution is 2.53. The molecule has 1 atom stereocenters. The lowest BCUT2D eigenvalue weighted by molar-refractivity contribution is 0.265. The molecular weight excluding hydrogens is 273 g/mol. The normalized spacial score (nSPS) is 14.1. The van der Waals surface area contributed by atoms with Gasteiger partial charge in [-0.15, -0.1) is 6.58 Å². The molecule has 0 fully saturated rings. The van der Waals surface area contributed by atoms with Crippen molar-refractivity contribution in [2.45, 2.75) is 12.7 Å². The van der Waals surface area contributed by atoms with Gasteiger partial charge in [0.15, 0.2) is 0 Å². The fourth-order valence-corrected chi connectivity index (χ4v) is 3.37. The Morgan fingerprint density at radius 2 is 1.95 bits per heavy atom. The van der Waals surface area contributed by atoms with Crippen LogP contribution in [-0.2, 0) is 13.6 Å². The van der Waals surface area contributed by atoms with Crippen LogP contribution in [0.2, 0.25) is 0 Å². The van der Waals surface area contributed by atoms with Gasteiger partial charge >= 0.3 is 7.60 Å². The smallest absolute Gasteiger partial charge is 0.311 e. The van der Waals surface area contributed by atoms with E-state index in [9.17, 15) is 4.57 Å². The van der Waals surface area contributed by atoms with Crippen molar-refractivity contribution >= 4 is 13.7 Å². The van der Waals surface area contributed by atoms with E-state index in [1.54, 1.807) is 6.08 Å². The topological polar surface area (TPSA) is 47.6 Å². The Hall–Kier alpha value is -1.19. The molecular formula is C15H22NO3P. The first-order valence-electron chi connectivity index (χ1n) is 6.36. The zero-order valence-corrected chi connectivity index (χ0v) is 13.1. The molecule has 4 nitrogen and oxygen atoms in total. The van der Waals surface area contributed by atoms with Crippen LogP contribution in [0.25, 0.3) is 6.08 Å². The number of rotatable bonds is 8. The van der Waals surface area contributed by atoms with Crippen LogP contribution in [0, 0.1) is 0 Å². The predicted octanol–water partition coefficient (Wildman–Crippen LogP) is 3.68. The van der Waals surface area contributed by atoms with E-state index in [4.69, 9.17) is 9.05 Å². The van der Waals surface area contributed by atoms with Gasteiger partial charge in [-0.2, -0.15) is 0 Å². The summed E-state index contributed by atoms with van der Waals surface area (Å²) >= 11 is 0. The van der Waals surface area contributed by atoms with Gasteiger partial charge in [-0.3, -0.25) is 9.88 Å². The predicted molar refractivity (Wildman–Crippen MR) is 83.7 cm³/mol. The number of benzene rings is 1. The Morgan fingerprint density at radius 3 is 2.45 bits per heavy atom. The summed E-state index contributed by atoms with van der Waals surface area (Å²) in [4.78, 5) is 0. The quantitative estimate of drug-likeness (QED) is 0.587. The second kappa shape index (κ2) is 8.18. The Kier molecular flexibility index (Phi) is 6.89. The molecule has 0 aliphatic rings. The van der Waals surface area contributed by atoms with Gasteiger partial charge in [0.2, 0.25) is 0 Å². The van der Waals surface area contributed by atoms with Crippen LogP contribution < -0.4 is 5.32 Å². The Balaban J connectivity index is 3.07. The van der Waals surface area contributed by atoms with Crippen molar-refractivity contribution in [3.05, 3.63) is 54.1 Å². The molecule has 0 saturated carbocycles. The minimum Gasteiger partial charge on any atom is -0.311 e. The maximum atomic E-state index is 12.6. The van der Waals surface area contributed by atoms with Crippen molar-refractivity contribution in [1.29, 1.82) is 0 Å². The van der Waals surface area contributed by atoms with Crippen LogP contribution in [0.4, 0.5) is 0 Å². The molecule has 1 N–H and O–H groups in total. The molecule has 0 aromatic heterocycles. The molecule has 0 aliphatic carbocycles. The van der Waals surface area contributed by atoms with Crippen molar-refractivity contribution in [2.75, 3.05) is 20.8 Å². The fraction of sp³-hybridized carbons (Fsp3) is 0.333. The van der Waals surface area contributed by atoms with Gasteiger partial charge in [0.1, 0.15) is 5.78 Å². The van der Waals surface area contributed by atoms with Crippen LogP contribution in [-0.4, -0.2) is 26.5 Å². The Labute approximate surface area is 121 Å². The molecule has 0 bridgehead atoms. The maximum absolute atomic E-state index is 12.6. The van der Waals surface area contributed by atoms with E-state index in [-0.39, 0.29) is 0 Å². The van der Waals surface area contributed by atoms with Crippen molar-refractivity contribution in [1.82, 2.24) is 5.32 Å². The SMILES string of the molecule is C=CCNC(/C(C)=C/c1ccccc1)P(=O)(OC)OC. The second-order valence-electron chi connectivity index (χ2n) is 4.30. The molecule has 0 amide bonds. The van der Waals surface area contributed by atoms with Crippen LogP contribution >= 0.6 is 7.60 Å². The van der Waals surface area contributed by atoms with Crippen molar-refractivity contribution in [3.63, 3.8) is 0 Å². The van der Waals surface area contributed by atoms with Gasteiger partial charge in [0.05, 0.1) is 0 Å². The van der Waals surface area contributed by atoms with E-state index in [1.165, 1.54) is 14.2 Å². The first kappa shape index (κ1) is 16.9. The van der Waals surface area contributed by atoms with Gasteiger partial charge in [-0.25, -0.2) is 0 Å². The first-order chi connectivity index (χ1) is 9.57. The Bertz CT molecular complexity index is 491. The largest absolute Gasteiger partial charge is 0.351 e.